The van der Waals surface area contributed by atoms with Crippen LogP contribution in [0, 0.1) is 18.8 Å². The molecule has 0 radical (unpaired) electrons. The fourth-order valence-corrected chi connectivity index (χ4v) is 6.36. The fraction of sp³-hybridized carbons (Fsp3) is 0.436. The van der Waals surface area contributed by atoms with Gasteiger partial charge in [0.15, 0.2) is 5.82 Å². The number of aryl methyl sites for hydroxylation is 1. The average molecular weight is 763 g/mol. The van der Waals surface area contributed by atoms with Crippen LogP contribution in [0.3, 0.4) is 0 Å². The van der Waals surface area contributed by atoms with Crippen molar-refractivity contribution in [2.75, 3.05) is 58.6 Å². The molecule has 1 aliphatic rings. The van der Waals surface area contributed by atoms with Crippen molar-refractivity contribution < 1.29 is 28.6 Å². The smallest absolute Gasteiger partial charge is 0.251 e. The average Bonchev–Trinajstić information content (AvgIpc) is 3.73. The van der Waals surface area contributed by atoms with Crippen molar-refractivity contribution in [2.24, 2.45) is 17.6 Å². The molecule has 0 aliphatic heterocycles. The number of tetrazole rings is 1. The maximum Gasteiger partial charge on any atom is 0.251 e. The van der Waals surface area contributed by atoms with Crippen LogP contribution in [0.5, 0.6) is 0 Å². The Morgan fingerprint density at radius 3 is 2.35 bits per heavy atom. The van der Waals surface area contributed by atoms with Crippen molar-refractivity contribution in [1.29, 1.82) is 0 Å². The van der Waals surface area contributed by atoms with E-state index in [2.05, 4.69) is 36.6 Å². The van der Waals surface area contributed by atoms with E-state index >= 15 is 0 Å². The van der Waals surface area contributed by atoms with Crippen LogP contribution in [0.1, 0.15) is 47.2 Å². The lowest BCUT2D eigenvalue weighted by atomic mass is 9.81. The van der Waals surface area contributed by atoms with Gasteiger partial charge in [0, 0.05) is 42.8 Å². The molecule has 0 saturated heterocycles. The van der Waals surface area contributed by atoms with Crippen LogP contribution in [-0.2, 0) is 30.2 Å². The topological polar surface area (TPSA) is 195 Å². The first kappa shape index (κ1) is 42.0. The van der Waals surface area contributed by atoms with Gasteiger partial charge in [-0.05, 0) is 114 Å². The number of ether oxygens (including phenoxy) is 3. The maximum absolute atomic E-state index is 13.8. The van der Waals surface area contributed by atoms with Gasteiger partial charge in [0.2, 0.25) is 11.8 Å². The predicted octanol–water partition coefficient (Wildman–Crippen LogP) is 4.10. The summed E-state index contributed by atoms with van der Waals surface area (Å²) in [5, 5.41) is 22.8. The summed E-state index contributed by atoms with van der Waals surface area (Å²) >= 11 is 0. The molecule has 6 N–H and O–H groups in total. The molecule has 0 unspecified atom stereocenters. The highest BCUT2D eigenvalue weighted by Gasteiger charge is 2.29. The lowest BCUT2D eigenvalue weighted by Gasteiger charge is -2.28. The first-order chi connectivity index (χ1) is 25.8. The molecule has 3 amide bonds. The summed E-state index contributed by atoms with van der Waals surface area (Å²) in [6, 6.07) is 19.7. The molecule has 1 aromatic heterocycles. The van der Waals surface area contributed by atoms with Crippen LogP contribution in [0.25, 0.3) is 22.5 Å². The highest BCUT2D eigenvalue weighted by molar-refractivity contribution is 5.98. The molecule has 0 spiro atoms. The van der Waals surface area contributed by atoms with Gasteiger partial charge < -0.3 is 35.9 Å². The van der Waals surface area contributed by atoms with Crippen LogP contribution in [0.2, 0.25) is 0 Å². The van der Waals surface area contributed by atoms with Gasteiger partial charge in [0.1, 0.15) is 6.04 Å². The number of hydrogen-bond acceptors (Lipinski definition) is 10. The predicted molar refractivity (Wildman–Crippen MR) is 208 cm³/mol. The van der Waals surface area contributed by atoms with Crippen molar-refractivity contribution >= 4 is 35.8 Å². The Bertz CT molecular complexity index is 1770. The molecule has 290 valence electrons. The summed E-state index contributed by atoms with van der Waals surface area (Å²) in [5.41, 5.74) is 11.4. The summed E-state index contributed by atoms with van der Waals surface area (Å²) in [5.74, 6) is 0.121. The highest BCUT2D eigenvalue weighted by atomic mass is 35.5. The Morgan fingerprint density at radius 1 is 0.907 bits per heavy atom. The molecule has 15 heteroatoms. The van der Waals surface area contributed by atoms with Gasteiger partial charge in [-0.25, -0.2) is 5.10 Å². The lowest BCUT2D eigenvalue weighted by molar-refractivity contribution is -0.130. The minimum atomic E-state index is -0.834. The number of aromatic nitrogens is 4. The largest absolute Gasteiger partial charge is 0.382 e. The van der Waals surface area contributed by atoms with E-state index in [1.165, 1.54) is 0 Å². The molecule has 1 atom stereocenters. The number of H-pyrrole nitrogens is 1. The van der Waals surface area contributed by atoms with Crippen LogP contribution >= 0.6 is 12.4 Å². The molecule has 3 aromatic carbocycles. The normalized spacial score (nSPS) is 15.8. The van der Waals surface area contributed by atoms with Gasteiger partial charge in [-0.1, -0.05) is 30.3 Å². The summed E-state index contributed by atoms with van der Waals surface area (Å²) in [4.78, 5) is 40.4. The van der Waals surface area contributed by atoms with E-state index in [9.17, 15) is 14.4 Å². The fourth-order valence-electron chi connectivity index (χ4n) is 6.36. The Labute approximate surface area is 322 Å². The van der Waals surface area contributed by atoms with Crippen LogP contribution in [0.4, 0.5) is 5.69 Å². The van der Waals surface area contributed by atoms with E-state index in [4.69, 9.17) is 19.9 Å². The van der Waals surface area contributed by atoms with E-state index in [1.807, 2.05) is 43.3 Å². The van der Waals surface area contributed by atoms with Crippen molar-refractivity contribution in [3.63, 3.8) is 0 Å². The van der Waals surface area contributed by atoms with Gasteiger partial charge >= 0.3 is 0 Å². The third kappa shape index (κ3) is 12.4. The Morgan fingerprint density at radius 2 is 1.65 bits per heavy atom. The van der Waals surface area contributed by atoms with Crippen LogP contribution < -0.4 is 21.7 Å². The zero-order valence-electron chi connectivity index (χ0n) is 30.8. The molecule has 4 aromatic rings. The van der Waals surface area contributed by atoms with E-state index in [0.29, 0.717) is 69.1 Å². The number of amides is 3. The quantitative estimate of drug-likeness (QED) is 0.0868. The molecule has 14 nitrogen and oxygen atoms in total. The SMILES string of the molecule is COCCOCCOCCNC(=O)c1cccc(-c2cc(C[C@H](NC(=O)C3CCC(CN)CC3)C(=O)Nc3ccc(-c4nnn[nH]4)cc3)ccc2C)c1.Cl. The van der Waals surface area contributed by atoms with Gasteiger partial charge in [0.05, 0.1) is 33.0 Å². The van der Waals surface area contributed by atoms with Crippen molar-refractivity contribution in [2.45, 2.75) is 45.1 Å². The van der Waals surface area contributed by atoms with Crippen molar-refractivity contribution in [3.8, 4) is 22.5 Å². The second-order valence-electron chi connectivity index (χ2n) is 13.2. The lowest BCUT2D eigenvalue weighted by Crippen LogP contribution is -2.48. The number of anilines is 1. The molecule has 1 aliphatic carbocycles. The van der Waals surface area contributed by atoms with Crippen LogP contribution in [0.15, 0.2) is 66.7 Å². The second-order valence-corrected chi connectivity index (χ2v) is 13.2. The zero-order chi connectivity index (χ0) is 37.4. The first-order valence-electron chi connectivity index (χ1n) is 18.1. The number of rotatable bonds is 19. The first-order valence-corrected chi connectivity index (χ1v) is 18.1. The Hall–Kier alpha value is -4.73. The molecule has 0 bridgehead atoms. The summed E-state index contributed by atoms with van der Waals surface area (Å²) in [7, 11) is 1.62. The highest BCUT2D eigenvalue weighted by Crippen LogP contribution is 2.29. The minimum Gasteiger partial charge on any atom is -0.382 e. The monoisotopic (exact) mass is 762 g/mol. The van der Waals surface area contributed by atoms with Crippen molar-refractivity contribution in [1.82, 2.24) is 31.3 Å². The molecule has 5 rings (SSSR count). The zero-order valence-corrected chi connectivity index (χ0v) is 31.7. The number of benzene rings is 3. The van der Waals surface area contributed by atoms with Crippen molar-refractivity contribution in [3.05, 3.63) is 83.4 Å². The number of halogens is 1. The van der Waals surface area contributed by atoms with E-state index in [-0.39, 0.29) is 42.5 Å². The number of nitrogens with one attached hydrogen (secondary N) is 4. The molecule has 1 heterocycles. The Balaban J connectivity index is 0.00000650. The van der Waals surface area contributed by atoms with Gasteiger partial charge in [-0.15, -0.1) is 17.5 Å². The number of nitrogens with two attached hydrogens (primary N) is 1. The summed E-state index contributed by atoms with van der Waals surface area (Å²) < 4.78 is 15.9. The maximum atomic E-state index is 13.8. The number of methoxy groups -OCH3 is 1. The van der Waals surface area contributed by atoms with E-state index in [1.54, 1.807) is 37.4 Å². The number of nitrogens with zero attached hydrogens (tertiary/aromatic N) is 3. The molecular formula is C39H51ClN8O6. The van der Waals surface area contributed by atoms with E-state index < -0.39 is 6.04 Å². The standard InChI is InChI=1S/C39H50N8O6.ClH/c1-26-6-7-28(22-34(26)31-4-3-5-32(24-31)37(48)41-16-17-52-20-21-53-19-18-51-2)23-35(43-38(49)30-10-8-27(25-40)9-11-30)39(50)42-33-14-12-29(13-15-33)36-44-46-47-45-36;/h3-7,12-15,22,24,27,30,35H,8-11,16-21,23,25,40H2,1-2H3,(H,41,48)(H,42,50)(H,43,49)(H,44,45,46,47);1H/t27?,30?,35-;/m0./s1. The molecule has 1 fully saturated rings. The third-order valence-electron chi connectivity index (χ3n) is 9.47. The summed E-state index contributed by atoms with van der Waals surface area (Å²) in [6.07, 6.45) is 3.56. The van der Waals surface area contributed by atoms with Gasteiger partial charge in [-0.3, -0.25) is 14.4 Å². The number of carbonyl (C=O) groups excluding carboxylic acids is 3. The minimum absolute atomic E-state index is 0. The van der Waals surface area contributed by atoms with E-state index in [0.717, 1.165) is 53.5 Å². The molecule has 1 saturated carbocycles. The van der Waals surface area contributed by atoms with Gasteiger partial charge in [0.25, 0.3) is 5.91 Å². The Kier molecular flexibility index (Phi) is 17.0. The molecular weight excluding hydrogens is 712 g/mol. The van der Waals surface area contributed by atoms with Crippen LogP contribution in [-0.4, -0.2) is 97.6 Å². The number of hydrogen-bond donors (Lipinski definition) is 5. The number of carbonyl (C=O) groups is 3. The summed E-state index contributed by atoms with van der Waals surface area (Å²) in [6.45, 7) is 5.30. The van der Waals surface area contributed by atoms with Gasteiger partial charge in [-0.2, -0.15) is 0 Å². The molecule has 54 heavy (non-hydrogen) atoms. The third-order valence-corrected chi connectivity index (χ3v) is 9.47. The number of aromatic amines is 1. The second kappa shape index (κ2) is 21.8.